The molecule has 194 valence electrons. The maximum atomic E-state index is 13.6. The van der Waals surface area contributed by atoms with Crippen molar-refractivity contribution in [1.29, 1.82) is 0 Å². The Kier molecular flexibility index (Phi) is 6.80. The highest BCUT2D eigenvalue weighted by Crippen LogP contribution is 2.69. The van der Waals surface area contributed by atoms with Crippen LogP contribution in [0.3, 0.4) is 0 Å². The number of esters is 2. The van der Waals surface area contributed by atoms with Gasteiger partial charge in [0.2, 0.25) is 5.78 Å². The minimum Gasteiger partial charge on any atom is -0.457 e. The number of aliphatic hydroxyl groups is 1. The first-order valence-corrected chi connectivity index (χ1v) is 13.2. The fourth-order valence-electron chi connectivity index (χ4n) is 8.57. The van der Waals surface area contributed by atoms with Gasteiger partial charge in [-0.05, 0) is 73.7 Å². The Labute approximate surface area is 208 Å². The van der Waals surface area contributed by atoms with Gasteiger partial charge in [-0.2, -0.15) is 0 Å². The zero-order valence-corrected chi connectivity index (χ0v) is 21.7. The van der Waals surface area contributed by atoms with Crippen LogP contribution in [0, 0.1) is 34.5 Å². The van der Waals surface area contributed by atoms with Crippen LogP contribution < -0.4 is 0 Å². The molecule has 0 amide bonds. The zero-order chi connectivity index (χ0) is 25.8. The Bertz CT molecular complexity index is 953. The van der Waals surface area contributed by atoms with Crippen LogP contribution in [0.25, 0.3) is 0 Å². The fourth-order valence-corrected chi connectivity index (χ4v) is 8.57. The van der Waals surface area contributed by atoms with Gasteiger partial charge in [0.1, 0.15) is 0 Å². The lowest BCUT2D eigenvalue weighted by atomic mass is 9.44. The second-order valence-corrected chi connectivity index (χ2v) is 11.9. The van der Waals surface area contributed by atoms with Crippen LogP contribution in [0.2, 0.25) is 0 Å². The Hall–Kier alpha value is -2.02. The van der Waals surface area contributed by atoms with Gasteiger partial charge in [-0.25, -0.2) is 0 Å². The van der Waals surface area contributed by atoms with Gasteiger partial charge in [0.25, 0.3) is 0 Å². The Morgan fingerprint density at radius 1 is 1.20 bits per heavy atom. The second kappa shape index (κ2) is 9.13. The summed E-state index contributed by atoms with van der Waals surface area (Å²) in [5, 5.41) is 11.7. The Morgan fingerprint density at radius 3 is 2.57 bits per heavy atom. The monoisotopic (exact) mass is 488 g/mol. The van der Waals surface area contributed by atoms with Gasteiger partial charge in [-0.15, -0.1) is 0 Å². The van der Waals surface area contributed by atoms with Crippen LogP contribution in [0.5, 0.6) is 0 Å². The molecular formula is C28H40O7. The van der Waals surface area contributed by atoms with Gasteiger partial charge in [0.05, 0.1) is 6.10 Å². The molecule has 4 aliphatic carbocycles. The zero-order valence-electron chi connectivity index (χ0n) is 21.7. The van der Waals surface area contributed by atoms with Crippen LogP contribution in [0.15, 0.2) is 11.6 Å². The number of hydrogen-bond acceptors (Lipinski definition) is 7. The molecule has 0 saturated heterocycles. The van der Waals surface area contributed by atoms with E-state index < -0.39 is 41.4 Å². The molecule has 0 aromatic rings. The third-order valence-corrected chi connectivity index (χ3v) is 9.92. The topological polar surface area (TPSA) is 107 Å². The molecule has 7 heteroatoms. The molecule has 0 unspecified atom stereocenters. The molecule has 0 bridgehead atoms. The number of rotatable bonds is 6. The third-order valence-electron chi connectivity index (χ3n) is 9.92. The van der Waals surface area contributed by atoms with Crippen molar-refractivity contribution >= 4 is 23.5 Å². The minimum atomic E-state index is -1.43. The molecule has 1 N–H and O–H groups in total. The smallest absolute Gasteiger partial charge is 0.306 e. The molecule has 0 heterocycles. The third kappa shape index (κ3) is 3.98. The molecule has 0 radical (unpaired) electrons. The van der Waals surface area contributed by atoms with Gasteiger partial charge in [-0.3, -0.25) is 19.2 Å². The summed E-state index contributed by atoms with van der Waals surface area (Å²) >= 11 is 0. The maximum absolute atomic E-state index is 13.6. The lowest BCUT2D eigenvalue weighted by Gasteiger charge is -2.62. The minimum absolute atomic E-state index is 0.0123. The van der Waals surface area contributed by atoms with Crippen molar-refractivity contribution in [3.05, 3.63) is 11.6 Å². The van der Waals surface area contributed by atoms with E-state index in [-0.39, 0.29) is 41.3 Å². The first-order chi connectivity index (χ1) is 16.4. The SMILES string of the molecule is CCCC(=O)OCC(=O)[C@@]1(OC(C)=O)CC[C@H]2[C@@H]3C[C@H](C)C4=CC(=O)CC[C@]4(C)[C@H]3[C@@H](O)C[C@@]21C. The predicted molar refractivity (Wildman–Crippen MR) is 128 cm³/mol. The number of carbonyl (C=O) groups excluding carboxylic acids is 4. The van der Waals surface area contributed by atoms with Gasteiger partial charge >= 0.3 is 11.9 Å². The maximum Gasteiger partial charge on any atom is 0.306 e. The molecule has 0 aromatic carbocycles. The summed E-state index contributed by atoms with van der Waals surface area (Å²) < 4.78 is 11.1. The largest absolute Gasteiger partial charge is 0.457 e. The average molecular weight is 489 g/mol. The number of aliphatic hydroxyl groups excluding tert-OH is 1. The number of carbonyl (C=O) groups is 4. The van der Waals surface area contributed by atoms with Crippen molar-refractivity contribution in [2.24, 2.45) is 34.5 Å². The van der Waals surface area contributed by atoms with E-state index in [1.165, 1.54) is 6.92 Å². The van der Waals surface area contributed by atoms with E-state index >= 15 is 0 Å². The molecule has 7 nitrogen and oxygen atoms in total. The molecule has 0 aliphatic heterocycles. The molecule has 0 aromatic heterocycles. The normalized spacial score (nSPS) is 42.3. The van der Waals surface area contributed by atoms with Crippen molar-refractivity contribution in [1.82, 2.24) is 0 Å². The first kappa shape index (κ1) is 26.1. The molecule has 4 aliphatic rings. The number of fused-ring (bicyclic) bond motifs is 5. The summed E-state index contributed by atoms with van der Waals surface area (Å²) in [4.78, 5) is 50.1. The quantitative estimate of drug-likeness (QED) is 0.564. The van der Waals surface area contributed by atoms with Gasteiger partial charge < -0.3 is 14.6 Å². The molecule has 3 fully saturated rings. The van der Waals surface area contributed by atoms with Crippen molar-refractivity contribution in [2.45, 2.75) is 97.7 Å². The molecular weight excluding hydrogens is 448 g/mol. The predicted octanol–water partition coefficient (Wildman–Crippen LogP) is 3.95. The van der Waals surface area contributed by atoms with E-state index in [2.05, 4.69) is 13.8 Å². The highest BCUT2D eigenvalue weighted by molar-refractivity contribution is 5.93. The molecule has 3 saturated carbocycles. The van der Waals surface area contributed by atoms with E-state index in [9.17, 15) is 24.3 Å². The van der Waals surface area contributed by atoms with Gasteiger partial charge in [0.15, 0.2) is 18.0 Å². The molecule has 8 atom stereocenters. The van der Waals surface area contributed by atoms with Crippen LogP contribution in [-0.4, -0.2) is 46.9 Å². The number of ether oxygens (including phenoxy) is 2. The highest BCUT2D eigenvalue weighted by Gasteiger charge is 2.70. The molecule has 4 rings (SSSR count). The summed E-state index contributed by atoms with van der Waals surface area (Å²) in [6.07, 6.45) is 5.40. The summed E-state index contributed by atoms with van der Waals surface area (Å²) in [6, 6.07) is 0. The van der Waals surface area contributed by atoms with E-state index in [1.807, 2.05) is 19.9 Å². The number of hydrogen-bond donors (Lipinski definition) is 1. The lowest BCUT2D eigenvalue weighted by Crippen LogP contribution is -2.63. The average Bonchev–Trinajstić information content (AvgIpc) is 3.05. The molecule has 0 spiro atoms. The standard InChI is InChI=1S/C28H40O7/c1-6-7-24(33)34-15-23(32)28(35-17(3)29)11-9-20-19-12-16(2)21-13-18(30)8-10-26(21,4)25(19)22(31)14-27(20,28)5/h13,16,19-20,22,25,31H,6-12,14-15H2,1-5H3/t16-,19-,20-,22-,25+,26-,27-,28-/m0/s1. The summed E-state index contributed by atoms with van der Waals surface area (Å²) in [7, 11) is 0. The van der Waals surface area contributed by atoms with Crippen molar-refractivity contribution < 1.29 is 33.8 Å². The van der Waals surface area contributed by atoms with E-state index in [0.717, 1.165) is 18.4 Å². The highest BCUT2D eigenvalue weighted by atomic mass is 16.6. The van der Waals surface area contributed by atoms with Crippen molar-refractivity contribution in [3.63, 3.8) is 0 Å². The van der Waals surface area contributed by atoms with Crippen molar-refractivity contribution in [2.75, 3.05) is 6.61 Å². The summed E-state index contributed by atoms with van der Waals surface area (Å²) in [5.41, 5.74) is -1.30. The van der Waals surface area contributed by atoms with E-state index in [0.29, 0.717) is 32.1 Å². The van der Waals surface area contributed by atoms with Crippen LogP contribution >= 0.6 is 0 Å². The van der Waals surface area contributed by atoms with E-state index in [4.69, 9.17) is 9.47 Å². The Balaban J connectivity index is 1.70. The van der Waals surface area contributed by atoms with Crippen LogP contribution in [-0.2, 0) is 28.7 Å². The Morgan fingerprint density at radius 2 is 1.91 bits per heavy atom. The van der Waals surface area contributed by atoms with Crippen LogP contribution in [0.4, 0.5) is 0 Å². The van der Waals surface area contributed by atoms with Gasteiger partial charge in [0, 0.05) is 25.2 Å². The second-order valence-electron chi connectivity index (χ2n) is 11.9. The number of allylic oxidation sites excluding steroid dienone is 1. The lowest BCUT2D eigenvalue weighted by molar-refractivity contribution is -0.203. The number of Topliss-reactive ketones (excluding diaryl/α,β-unsaturated/α-hetero) is 1. The molecule has 35 heavy (non-hydrogen) atoms. The van der Waals surface area contributed by atoms with Crippen LogP contribution in [0.1, 0.15) is 86.0 Å². The van der Waals surface area contributed by atoms with Crippen molar-refractivity contribution in [3.8, 4) is 0 Å². The van der Waals surface area contributed by atoms with E-state index in [1.54, 1.807) is 0 Å². The first-order valence-electron chi connectivity index (χ1n) is 13.2. The fraction of sp³-hybridized carbons (Fsp3) is 0.786. The van der Waals surface area contributed by atoms with Gasteiger partial charge in [-0.1, -0.05) is 33.3 Å². The summed E-state index contributed by atoms with van der Waals surface area (Å²) in [5.74, 6) is -0.816. The summed E-state index contributed by atoms with van der Waals surface area (Å²) in [6.45, 7) is 9.06. The number of ketones is 2.